The summed E-state index contributed by atoms with van der Waals surface area (Å²) in [7, 11) is -1.09. The molecule has 0 radical (unpaired) electrons. The molecule has 3 amide bonds. The van der Waals surface area contributed by atoms with Crippen molar-refractivity contribution in [3.8, 4) is 5.75 Å². The summed E-state index contributed by atoms with van der Waals surface area (Å²) in [5, 5.41) is 9.75. The molecule has 3 fully saturated rings. The van der Waals surface area contributed by atoms with E-state index in [9.17, 15) is 14.2 Å². The van der Waals surface area contributed by atoms with E-state index in [4.69, 9.17) is 9.72 Å². The Labute approximate surface area is 352 Å². The molecule has 15 nitrogen and oxygen atoms in total. The molecule has 0 bridgehead atoms. The molecule has 2 aromatic heterocycles. The average Bonchev–Trinajstić information content (AvgIpc) is 3.22. The van der Waals surface area contributed by atoms with Crippen molar-refractivity contribution in [2.75, 3.05) is 86.7 Å². The second kappa shape index (κ2) is 17.2. The largest absolute Gasteiger partial charge is 0.494 e. The number of halogens is 1. The Morgan fingerprint density at radius 2 is 1.64 bits per heavy atom. The van der Waals surface area contributed by atoms with Crippen molar-refractivity contribution in [2.45, 2.75) is 38.8 Å². The number of anilines is 6. The molecule has 17 heteroatoms. The molecule has 0 spiro atoms. The van der Waals surface area contributed by atoms with Crippen molar-refractivity contribution in [1.29, 1.82) is 0 Å². The van der Waals surface area contributed by atoms with E-state index in [2.05, 4.69) is 92.7 Å². The van der Waals surface area contributed by atoms with Crippen molar-refractivity contribution >= 4 is 85.9 Å². The second-order valence-corrected chi connectivity index (χ2v) is 19.7. The third kappa shape index (κ3) is 9.05. The Morgan fingerprint density at radius 1 is 0.898 bits per heavy atom. The maximum atomic E-state index is 13.5. The first-order valence-electron chi connectivity index (χ1n) is 19.9. The van der Waals surface area contributed by atoms with E-state index in [0.717, 1.165) is 81.3 Å². The van der Waals surface area contributed by atoms with Crippen LogP contribution >= 0.6 is 23.1 Å². The van der Waals surface area contributed by atoms with Crippen LogP contribution in [0.5, 0.6) is 5.75 Å². The van der Waals surface area contributed by atoms with Crippen LogP contribution in [0.4, 0.5) is 39.3 Å². The number of amides is 3. The average molecular weight is 883 g/mol. The lowest BCUT2D eigenvalue weighted by Crippen LogP contribution is -2.53. The van der Waals surface area contributed by atoms with Crippen LogP contribution in [-0.2, 0) is 15.9 Å². The smallest absolute Gasteiger partial charge is 0.328 e. The van der Waals surface area contributed by atoms with Gasteiger partial charge in [-0.05, 0) is 90.5 Å². The number of benzene rings is 3. The Morgan fingerprint density at radius 3 is 2.36 bits per heavy atom. The number of carbonyl (C=O) groups is 2. The van der Waals surface area contributed by atoms with Crippen molar-refractivity contribution in [1.82, 2.24) is 35.1 Å². The Balaban J connectivity index is 0.867. The van der Waals surface area contributed by atoms with Crippen LogP contribution in [0.2, 0.25) is 0 Å². The van der Waals surface area contributed by atoms with E-state index in [0.29, 0.717) is 63.0 Å². The highest BCUT2D eigenvalue weighted by atomic mass is 79.9. The fourth-order valence-corrected chi connectivity index (χ4v) is 10.0. The predicted octanol–water partition coefficient (Wildman–Crippen LogP) is 6.47. The fraction of sp³-hybridized carbons (Fsp3) is 0.381. The van der Waals surface area contributed by atoms with Crippen LogP contribution in [0.25, 0.3) is 11.0 Å². The first-order valence-corrected chi connectivity index (χ1v) is 23.3. The molecule has 3 aromatic carbocycles. The van der Waals surface area contributed by atoms with Gasteiger partial charge in [0.15, 0.2) is 0 Å². The van der Waals surface area contributed by atoms with Crippen LogP contribution in [0, 0.1) is 6.92 Å². The quantitative estimate of drug-likeness (QED) is 0.124. The van der Waals surface area contributed by atoms with E-state index >= 15 is 0 Å². The second-order valence-electron chi connectivity index (χ2n) is 15.7. The zero-order chi connectivity index (χ0) is 41.3. The SMILES string of the molecule is COc1cc(N2CCC(N3CCN(Cc4ccc(N5CCC(=O)NC5=O)cc4)CC3)CC2)c(C)cc1Nc1ncc(Br)c(Nc2ccc3nccnc3c2P(C)(C)=O)n1. The number of hydrogen-bond acceptors (Lipinski definition) is 13. The van der Waals surface area contributed by atoms with Crippen LogP contribution in [0.1, 0.15) is 30.4 Å². The van der Waals surface area contributed by atoms with Crippen molar-refractivity contribution < 1.29 is 18.9 Å². The Hall–Kier alpha value is -5.15. The summed E-state index contributed by atoms with van der Waals surface area (Å²) >= 11 is 3.59. The molecule has 0 aliphatic carbocycles. The summed E-state index contributed by atoms with van der Waals surface area (Å²) in [4.78, 5) is 51.2. The van der Waals surface area contributed by atoms with E-state index in [1.54, 1.807) is 43.9 Å². The van der Waals surface area contributed by atoms with Gasteiger partial charge in [-0.1, -0.05) is 12.1 Å². The number of rotatable bonds is 11. The highest BCUT2D eigenvalue weighted by molar-refractivity contribution is 9.10. The van der Waals surface area contributed by atoms with Gasteiger partial charge in [-0.15, -0.1) is 0 Å². The highest BCUT2D eigenvalue weighted by Crippen LogP contribution is 2.42. The number of aryl methyl sites for hydroxylation is 1. The summed E-state index contributed by atoms with van der Waals surface area (Å²) in [6.45, 7) is 12.9. The molecule has 0 saturated carbocycles. The maximum Gasteiger partial charge on any atom is 0.328 e. The summed E-state index contributed by atoms with van der Waals surface area (Å²) in [5.41, 5.74) is 6.99. The number of nitrogens with zero attached hydrogens (tertiary/aromatic N) is 8. The van der Waals surface area contributed by atoms with Gasteiger partial charge >= 0.3 is 6.03 Å². The number of piperidine rings is 1. The van der Waals surface area contributed by atoms with Gasteiger partial charge in [0.1, 0.15) is 24.2 Å². The van der Waals surface area contributed by atoms with Crippen molar-refractivity contribution in [3.63, 3.8) is 0 Å². The van der Waals surface area contributed by atoms with Gasteiger partial charge in [0.05, 0.1) is 33.8 Å². The minimum Gasteiger partial charge on any atom is -0.494 e. The minimum absolute atomic E-state index is 0.223. The van der Waals surface area contributed by atoms with E-state index in [1.807, 2.05) is 24.3 Å². The maximum absolute atomic E-state index is 13.5. The lowest BCUT2D eigenvalue weighted by Gasteiger charge is -2.43. The molecular weight excluding hydrogens is 833 g/mol. The molecule has 3 aliphatic heterocycles. The highest BCUT2D eigenvalue weighted by Gasteiger charge is 2.29. The van der Waals surface area contributed by atoms with E-state index in [-0.39, 0.29) is 11.9 Å². The number of aromatic nitrogens is 4. The summed E-state index contributed by atoms with van der Waals surface area (Å²) in [6, 6.07) is 16.2. The van der Waals surface area contributed by atoms with Gasteiger partial charge in [-0.3, -0.25) is 34.8 Å². The van der Waals surface area contributed by atoms with Crippen LogP contribution < -0.4 is 35.8 Å². The summed E-state index contributed by atoms with van der Waals surface area (Å²) in [6.07, 6.45) is 7.42. The number of fused-ring (bicyclic) bond motifs is 1. The Kier molecular flexibility index (Phi) is 11.9. The van der Waals surface area contributed by atoms with Gasteiger partial charge in [0, 0.05) is 101 Å². The zero-order valence-electron chi connectivity index (χ0n) is 33.7. The molecule has 3 aliphatic rings. The normalized spacial score (nSPS) is 17.3. The molecule has 308 valence electrons. The molecule has 3 saturated heterocycles. The molecule has 5 aromatic rings. The van der Waals surface area contributed by atoms with Gasteiger partial charge < -0.3 is 24.8 Å². The molecule has 0 atom stereocenters. The summed E-state index contributed by atoms with van der Waals surface area (Å²) in [5.74, 6) is 1.36. The predicted molar refractivity (Wildman–Crippen MR) is 237 cm³/mol. The van der Waals surface area contributed by atoms with Crippen molar-refractivity contribution in [3.05, 3.63) is 82.7 Å². The van der Waals surface area contributed by atoms with Crippen LogP contribution in [0.15, 0.2) is 71.6 Å². The van der Waals surface area contributed by atoms with Crippen LogP contribution in [0.3, 0.4) is 0 Å². The third-order valence-corrected chi connectivity index (χ3v) is 13.5. The molecule has 0 unspecified atom stereocenters. The van der Waals surface area contributed by atoms with Gasteiger partial charge in [-0.2, -0.15) is 4.98 Å². The third-order valence-electron chi connectivity index (χ3n) is 11.4. The van der Waals surface area contributed by atoms with Gasteiger partial charge in [-0.25, -0.2) is 9.78 Å². The van der Waals surface area contributed by atoms with Crippen molar-refractivity contribution in [2.24, 2.45) is 0 Å². The minimum atomic E-state index is -2.76. The number of urea groups is 1. The molecule has 5 heterocycles. The molecule has 59 heavy (non-hydrogen) atoms. The number of methoxy groups -OCH3 is 1. The van der Waals surface area contributed by atoms with E-state index in [1.165, 1.54) is 5.56 Å². The number of nitrogens with one attached hydrogen (secondary N) is 3. The number of ether oxygens (including phenoxy) is 1. The molecular formula is C42H49BrN11O4P. The zero-order valence-corrected chi connectivity index (χ0v) is 36.2. The molecule has 3 N–H and O–H groups in total. The Bertz CT molecular complexity index is 2410. The van der Waals surface area contributed by atoms with Gasteiger partial charge in [0.2, 0.25) is 11.9 Å². The molecule has 8 rings (SSSR count). The number of imide groups is 1. The van der Waals surface area contributed by atoms with E-state index < -0.39 is 7.14 Å². The first kappa shape index (κ1) is 40.6. The van der Waals surface area contributed by atoms with Crippen LogP contribution in [-0.4, -0.2) is 114 Å². The topological polar surface area (TPSA) is 161 Å². The fourth-order valence-electron chi connectivity index (χ4n) is 8.32. The summed E-state index contributed by atoms with van der Waals surface area (Å²) < 4.78 is 20.0. The number of hydrogen-bond donors (Lipinski definition) is 3. The van der Waals surface area contributed by atoms with Gasteiger partial charge in [0.25, 0.3) is 0 Å². The first-order chi connectivity index (χ1) is 28.4. The number of carbonyl (C=O) groups excluding carboxylic acids is 2. The number of piperazine rings is 1. The lowest BCUT2D eigenvalue weighted by molar-refractivity contribution is -0.120. The lowest BCUT2D eigenvalue weighted by atomic mass is 10.00. The standard InChI is InChI=1S/C42H49BrN11O4P/c1-27-23-34(48-41-46-25-31(43)40(50-41)47-33-10-9-32-38(45-15-14-44-32)39(33)59(3,4)57)36(58-2)24-35(27)53-16-11-29(12-17-53)52-21-19-51(20-22-52)26-28-5-7-30(8-6-28)54-18-13-37(55)49-42(54)56/h5-10,14-15,23-25,29H,11-13,16-22,26H2,1-4H3,(H,49,55,56)(H2,46,47,48,50). The monoisotopic (exact) mass is 881 g/mol.